The molecule has 0 aromatic heterocycles. The molecule has 0 bridgehead atoms. The molecule has 0 saturated carbocycles. The van der Waals surface area contributed by atoms with Gasteiger partial charge in [0, 0.05) is 30.6 Å². The summed E-state index contributed by atoms with van der Waals surface area (Å²) in [5.74, 6) is -0.173. The maximum Gasteiger partial charge on any atom is 0.328 e. The molecule has 2 N–H and O–H groups in total. The molecule has 1 atom stereocenters. The second-order valence-electron chi connectivity index (χ2n) is 15.1. The number of hydrogen-bond donors (Lipinski definition) is 2. The number of carbonyl (C=O) groups is 4. The van der Waals surface area contributed by atoms with Crippen LogP contribution in [0.1, 0.15) is 136 Å². The Labute approximate surface area is 307 Å². The molecule has 1 heterocycles. The maximum absolute atomic E-state index is 13.7. The van der Waals surface area contributed by atoms with E-state index in [1.807, 2.05) is 30.3 Å². The zero-order valence-electron chi connectivity index (χ0n) is 32.1. The van der Waals surface area contributed by atoms with Crippen LogP contribution in [0.25, 0.3) is 0 Å². The SMILES string of the molecule is CCCCCCCCCCCCCCCCCC(=O)Nc1ccc(OC)c(NCC(C(=O)C(C)(C)C)N2C(=O)CN(Cc3ccccc3)C2=O)c1. The third kappa shape index (κ3) is 14.3. The van der Waals surface area contributed by atoms with Gasteiger partial charge in [-0.2, -0.15) is 0 Å². The van der Waals surface area contributed by atoms with Crippen LogP contribution >= 0.6 is 0 Å². The van der Waals surface area contributed by atoms with Crippen LogP contribution in [-0.2, 0) is 20.9 Å². The predicted molar refractivity (Wildman–Crippen MR) is 207 cm³/mol. The fourth-order valence-corrected chi connectivity index (χ4v) is 6.61. The van der Waals surface area contributed by atoms with Gasteiger partial charge in [-0.25, -0.2) is 4.79 Å². The molecule has 9 heteroatoms. The number of ether oxygens (including phenoxy) is 1. The monoisotopic (exact) mass is 704 g/mol. The number of imide groups is 1. The van der Waals surface area contributed by atoms with Crippen molar-refractivity contribution in [3.63, 3.8) is 0 Å². The first kappa shape index (κ1) is 41.5. The van der Waals surface area contributed by atoms with Gasteiger partial charge in [-0.3, -0.25) is 19.3 Å². The van der Waals surface area contributed by atoms with Gasteiger partial charge >= 0.3 is 6.03 Å². The lowest BCUT2D eigenvalue weighted by molar-refractivity contribution is -0.137. The van der Waals surface area contributed by atoms with E-state index in [1.165, 1.54) is 81.9 Å². The topological polar surface area (TPSA) is 108 Å². The molecule has 3 rings (SSSR count). The second-order valence-corrected chi connectivity index (χ2v) is 15.1. The Morgan fingerprint density at radius 2 is 1.37 bits per heavy atom. The number of nitrogens with one attached hydrogen (secondary N) is 2. The number of ketones is 1. The lowest BCUT2D eigenvalue weighted by Gasteiger charge is -2.31. The summed E-state index contributed by atoms with van der Waals surface area (Å²) in [4.78, 5) is 55.8. The number of hydrogen-bond acceptors (Lipinski definition) is 6. The molecule has 0 aliphatic carbocycles. The maximum atomic E-state index is 13.7. The molecular formula is C42H64N4O5. The van der Waals surface area contributed by atoms with E-state index >= 15 is 0 Å². The van der Waals surface area contributed by atoms with E-state index in [0.717, 1.165) is 29.7 Å². The highest BCUT2D eigenvalue weighted by Crippen LogP contribution is 2.30. The highest BCUT2D eigenvalue weighted by atomic mass is 16.5. The quantitative estimate of drug-likeness (QED) is 0.0787. The number of nitrogens with zero attached hydrogens (tertiary/aromatic N) is 2. The third-order valence-electron chi connectivity index (χ3n) is 9.62. The largest absolute Gasteiger partial charge is 0.495 e. The number of carbonyl (C=O) groups excluding carboxylic acids is 4. The summed E-state index contributed by atoms with van der Waals surface area (Å²) in [5, 5.41) is 6.24. The summed E-state index contributed by atoms with van der Waals surface area (Å²) in [6, 6.07) is 13.2. The van der Waals surface area contributed by atoms with Gasteiger partial charge in [0.05, 0.1) is 12.8 Å². The first-order chi connectivity index (χ1) is 24.5. The first-order valence-corrected chi connectivity index (χ1v) is 19.5. The Morgan fingerprint density at radius 3 is 1.92 bits per heavy atom. The summed E-state index contributed by atoms with van der Waals surface area (Å²) in [6.07, 6.45) is 19.6. The molecule has 4 amide bonds. The molecule has 0 radical (unpaired) electrons. The molecule has 282 valence electrons. The number of urea groups is 1. The summed E-state index contributed by atoms with van der Waals surface area (Å²) in [6.45, 7) is 7.80. The molecule has 1 saturated heterocycles. The van der Waals surface area contributed by atoms with Gasteiger partial charge in [-0.05, 0) is 30.2 Å². The summed E-state index contributed by atoms with van der Waals surface area (Å²) < 4.78 is 5.56. The minimum Gasteiger partial charge on any atom is -0.495 e. The molecule has 1 unspecified atom stereocenters. The number of rotatable bonds is 25. The van der Waals surface area contributed by atoms with Crippen molar-refractivity contribution in [1.82, 2.24) is 9.80 Å². The van der Waals surface area contributed by atoms with Crippen LogP contribution < -0.4 is 15.4 Å². The molecular weight excluding hydrogens is 640 g/mol. The van der Waals surface area contributed by atoms with E-state index in [2.05, 4.69) is 17.6 Å². The predicted octanol–water partition coefficient (Wildman–Crippen LogP) is 9.76. The van der Waals surface area contributed by atoms with Gasteiger partial charge < -0.3 is 20.3 Å². The molecule has 9 nitrogen and oxygen atoms in total. The van der Waals surface area contributed by atoms with Crippen LogP contribution in [0, 0.1) is 5.41 Å². The van der Waals surface area contributed by atoms with Gasteiger partial charge in [0.15, 0.2) is 5.78 Å². The summed E-state index contributed by atoms with van der Waals surface area (Å²) in [5.41, 5.74) is 1.26. The van der Waals surface area contributed by atoms with Crippen molar-refractivity contribution in [2.24, 2.45) is 5.41 Å². The van der Waals surface area contributed by atoms with Crippen LogP contribution in [0.2, 0.25) is 0 Å². The lowest BCUT2D eigenvalue weighted by atomic mass is 9.85. The van der Waals surface area contributed by atoms with Crippen molar-refractivity contribution in [3.8, 4) is 5.75 Å². The Morgan fingerprint density at radius 1 is 0.804 bits per heavy atom. The molecule has 1 aliphatic rings. The van der Waals surface area contributed by atoms with Gasteiger partial charge in [-0.1, -0.05) is 148 Å². The standard InChI is InChI=1S/C42H64N4O5/c1-6-7-8-9-10-11-12-13-14-15-16-17-18-19-23-26-38(47)44-34-27-28-37(51-5)35(29-34)43-30-36(40(49)42(2,3)4)46-39(48)32-45(41(46)50)31-33-24-21-20-22-25-33/h20-22,24-25,27-29,36,43H,6-19,23,26,30-32H2,1-5H3,(H,44,47). The number of anilines is 2. The smallest absolute Gasteiger partial charge is 0.328 e. The Kier molecular flexibility index (Phi) is 18.0. The van der Waals surface area contributed by atoms with E-state index in [4.69, 9.17) is 4.74 Å². The average Bonchev–Trinajstić information content (AvgIpc) is 3.38. The Balaban J connectivity index is 1.46. The fourth-order valence-electron chi connectivity index (χ4n) is 6.61. The highest BCUT2D eigenvalue weighted by molar-refractivity contribution is 6.07. The van der Waals surface area contributed by atoms with Crippen molar-refractivity contribution >= 4 is 35.0 Å². The molecule has 51 heavy (non-hydrogen) atoms. The Bertz CT molecular complexity index is 1370. The number of benzene rings is 2. The van der Waals surface area contributed by atoms with Crippen molar-refractivity contribution in [2.75, 3.05) is 30.8 Å². The number of unbranched alkanes of at least 4 members (excludes halogenated alkanes) is 14. The van der Waals surface area contributed by atoms with Gasteiger partial charge in [-0.15, -0.1) is 0 Å². The van der Waals surface area contributed by atoms with E-state index < -0.39 is 23.4 Å². The van der Waals surface area contributed by atoms with Crippen molar-refractivity contribution in [3.05, 3.63) is 54.1 Å². The number of methoxy groups -OCH3 is 1. The van der Waals surface area contributed by atoms with E-state index in [0.29, 0.717) is 23.5 Å². The van der Waals surface area contributed by atoms with E-state index in [9.17, 15) is 19.2 Å². The molecule has 1 fully saturated rings. The number of amides is 4. The molecule has 2 aromatic rings. The van der Waals surface area contributed by atoms with Crippen molar-refractivity contribution in [2.45, 2.75) is 143 Å². The van der Waals surface area contributed by atoms with E-state index in [-0.39, 0.29) is 31.3 Å². The van der Waals surface area contributed by atoms with Gasteiger partial charge in [0.2, 0.25) is 5.91 Å². The average molecular weight is 705 g/mol. The van der Waals surface area contributed by atoms with Crippen molar-refractivity contribution in [1.29, 1.82) is 0 Å². The summed E-state index contributed by atoms with van der Waals surface area (Å²) in [7, 11) is 1.54. The van der Waals surface area contributed by atoms with Crippen molar-refractivity contribution < 1.29 is 23.9 Å². The van der Waals surface area contributed by atoms with E-state index in [1.54, 1.807) is 46.1 Å². The normalized spacial score (nSPS) is 13.8. The molecule has 1 aliphatic heterocycles. The lowest BCUT2D eigenvalue weighted by Crippen LogP contribution is -2.52. The minimum absolute atomic E-state index is 0.000352. The van der Waals surface area contributed by atoms with Crippen LogP contribution in [0.5, 0.6) is 5.75 Å². The van der Waals surface area contributed by atoms with Gasteiger partial charge in [0.25, 0.3) is 5.91 Å². The zero-order valence-corrected chi connectivity index (χ0v) is 32.1. The van der Waals surface area contributed by atoms with Crippen LogP contribution in [0.4, 0.5) is 16.2 Å². The zero-order chi connectivity index (χ0) is 37.1. The second kappa shape index (κ2) is 22.1. The van der Waals surface area contributed by atoms with Crippen LogP contribution in [0.3, 0.4) is 0 Å². The fraction of sp³-hybridized carbons (Fsp3) is 0.619. The molecule has 0 spiro atoms. The summed E-state index contributed by atoms with van der Waals surface area (Å²) >= 11 is 0. The highest BCUT2D eigenvalue weighted by Gasteiger charge is 2.45. The minimum atomic E-state index is -1.03. The Hall–Kier alpha value is -3.88. The number of Topliss-reactive ketones (excluding diaryl/α,β-unsaturated/α-hetero) is 1. The van der Waals surface area contributed by atoms with Gasteiger partial charge in [0.1, 0.15) is 18.3 Å². The molecule has 2 aromatic carbocycles. The first-order valence-electron chi connectivity index (χ1n) is 19.5. The van der Waals surface area contributed by atoms with Crippen LogP contribution in [-0.4, -0.2) is 59.7 Å². The van der Waals surface area contributed by atoms with Crippen LogP contribution in [0.15, 0.2) is 48.5 Å². The third-order valence-corrected chi connectivity index (χ3v) is 9.62.